The van der Waals surface area contributed by atoms with Gasteiger partial charge in [-0.3, -0.25) is 4.79 Å². The van der Waals surface area contributed by atoms with Crippen molar-refractivity contribution in [1.29, 1.82) is 0 Å². The zero-order chi connectivity index (χ0) is 17.6. The Morgan fingerprint density at radius 2 is 1.72 bits per heavy atom. The fourth-order valence-corrected chi connectivity index (χ4v) is 3.45. The van der Waals surface area contributed by atoms with Crippen LogP contribution in [0.4, 0.5) is 4.39 Å². The third-order valence-corrected chi connectivity index (χ3v) is 4.90. The van der Waals surface area contributed by atoms with Gasteiger partial charge in [0.1, 0.15) is 5.82 Å². The van der Waals surface area contributed by atoms with Crippen molar-refractivity contribution in [3.8, 4) is 11.1 Å². The summed E-state index contributed by atoms with van der Waals surface area (Å²) in [7, 11) is 0. The van der Waals surface area contributed by atoms with Crippen LogP contribution in [0.2, 0.25) is 0 Å². The molecule has 0 spiro atoms. The molecule has 25 heavy (non-hydrogen) atoms. The predicted molar refractivity (Wildman–Crippen MR) is 96.6 cm³/mol. The van der Waals surface area contributed by atoms with Gasteiger partial charge in [-0.15, -0.1) is 0 Å². The molecule has 1 aliphatic rings. The van der Waals surface area contributed by atoms with Crippen LogP contribution in [0.15, 0.2) is 48.5 Å². The second-order valence-electron chi connectivity index (χ2n) is 6.62. The molecule has 0 aromatic heterocycles. The van der Waals surface area contributed by atoms with Crippen molar-refractivity contribution in [3.63, 3.8) is 0 Å². The highest BCUT2D eigenvalue weighted by Crippen LogP contribution is 2.21. The van der Waals surface area contributed by atoms with Crippen molar-refractivity contribution >= 4 is 5.91 Å². The molecule has 0 unspecified atom stereocenters. The monoisotopic (exact) mass is 341 g/mol. The molecule has 1 aliphatic heterocycles. The summed E-state index contributed by atoms with van der Waals surface area (Å²) >= 11 is 0. The first kappa shape index (κ1) is 17.6. The van der Waals surface area contributed by atoms with Crippen LogP contribution in [0.25, 0.3) is 11.1 Å². The molecule has 0 aliphatic carbocycles. The van der Waals surface area contributed by atoms with Crippen molar-refractivity contribution in [2.75, 3.05) is 13.2 Å². The van der Waals surface area contributed by atoms with Gasteiger partial charge < -0.3 is 10.0 Å². The van der Waals surface area contributed by atoms with Gasteiger partial charge >= 0.3 is 0 Å². The molecule has 1 N–H and O–H groups in total. The Morgan fingerprint density at radius 1 is 1.08 bits per heavy atom. The topological polar surface area (TPSA) is 40.5 Å². The molecule has 1 fully saturated rings. The number of hydrogen-bond acceptors (Lipinski definition) is 2. The van der Waals surface area contributed by atoms with Crippen molar-refractivity contribution in [1.82, 2.24) is 4.90 Å². The highest BCUT2D eigenvalue weighted by atomic mass is 19.1. The molecule has 1 heterocycles. The molecule has 0 bridgehead atoms. The van der Waals surface area contributed by atoms with Crippen LogP contribution in [0, 0.1) is 5.82 Å². The first-order valence-corrected chi connectivity index (χ1v) is 8.92. The van der Waals surface area contributed by atoms with Crippen LogP contribution in [0.5, 0.6) is 0 Å². The third kappa shape index (κ3) is 4.45. The van der Waals surface area contributed by atoms with Crippen LogP contribution < -0.4 is 0 Å². The molecule has 1 amide bonds. The molecule has 0 radical (unpaired) electrons. The van der Waals surface area contributed by atoms with Gasteiger partial charge in [0, 0.05) is 13.0 Å². The summed E-state index contributed by atoms with van der Waals surface area (Å²) in [4.78, 5) is 14.1. The maximum Gasteiger partial charge on any atom is 0.222 e. The van der Waals surface area contributed by atoms with Gasteiger partial charge in [0.25, 0.3) is 0 Å². The van der Waals surface area contributed by atoms with E-state index < -0.39 is 0 Å². The quantitative estimate of drug-likeness (QED) is 0.868. The first-order valence-electron chi connectivity index (χ1n) is 8.92. The summed E-state index contributed by atoms with van der Waals surface area (Å²) in [6.07, 6.45) is 4.08. The van der Waals surface area contributed by atoms with Crippen LogP contribution in [0.3, 0.4) is 0 Å². The lowest BCUT2D eigenvalue weighted by Gasteiger charge is -2.23. The summed E-state index contributed by atoms with van der Waals surface area (Å²) in [5, 5.41) is 9.31. The van der Waals surface area contributed by atoms with E-state index in [9.17, 15) is 14.3 Å². The summed E-state index contributed by atoms with van der Waals surface area (Å²) in [6.45, 7) is 0.840. The van der Waals surface area contributed by atoms with E-state index in [1.807, 2.05) is 17.0 Å². The van der Waals surface area contributed by atoms with E-state index in [1.165, 1.54) is 17.7 Å². The lowest BCUT2D eigenvalue weighted by Crippen LogP contribution is -2.37. The third-order valence-electron chi connectivity index (χ3n) is 4.90. The number of halogens is 1. The number of hydrogen-bond donors (Lipinski definition) is 1. The Morgan fingerprint density at radius 3 is 2.36 bits per heavy atom. The number of carbonyl (C=O) groups is 1. The molecule has 2 aromatic rings. The molecular weight excluding hydrogens is 317 g/mol. The second kappa shape index (κ2) is 8.26. The molecule has 1 atom stereocenters. The number of benzene rings is 2. The van der Waals surface area contributed by atoms with E-state index in [1.54, 1.807) is 12.1 Å². The molecule has 3 rings (SSSR count). The molecule has 4 heteroatoms. The molecule has 3 nitrogen and oxygen atoms in total. The predicted octanol–water partition coefficient (Wildman–Crippen LogP) is 3.80. The average molecular weight is 341 g/mol. The lowest BCUT2D eigenvalue weighted by molar-refractivity contribution is -0.132. The fourth-order valence-electron chi connectivity index (χ4n) is 3.45. The average Bonchev–Trinajstić information content (AvgIpc) is 3.12. The number of aliphatic hydroxyl groups excluding tert-OH is 1. The van der Waals surface area contributed by atoms with E-state index >= 15 is 0 Å². The highest BCUT2D eigenvalue weighted by Gasteiger charge is 2.27. The molecular formula is C21H24FNO2. The largest absolute Gasteiger partial charge is 0.394 e. The lowest BCUT2D eigenvalue weighted by atomic mass is 10.0. The Balaban J connectivity index is 1.50. The van der Waals surface area contributed by atoms with Gasteiger partial charge in [0.2, 0.25) is 5.91 Å². The Kier molecular flexibility index (Phi) is 5.82. The van der Waals surface area contributed by atoms with Crippen molar-refractivity contribution in [2.45, 2.75) is 38.1 Å². The zero-order valence-electron chi connectivity index (χ0n) is 14.3. The number of amides is 1. The van der Waals surface area contributed by atoms with E-state index in [2.05, 4.69) is 12.1 Å². The minimum Gasteiger partial charge on any atom is -0.394 e. The number of rotatable bonds is 6. The number of likely N-dealkylation sites (tertiary alicyclic amines) is 1. The Labute approximate surface area is 148 Å². The smallest absolute Gasteiger partial charge is 0.222 e. The Bertz CT molecular complexity index is 697. The van der Waals surface area contributed by atoms with Gasteiger partial charge in [-0.1, -0.05) is 36.4 Å². The van der Waals surface area contributed by atoms with E-state index in [0.717, 1.165) is 43.4 Å². The van der Waals surface area contributed by atoms with Crippen LogP contribution in [0.1, 0.15) is 31.2 Å². The van der Waals surface area contributed by atoms with Crippen molar-refractivity contribution in [2.24, 2.45) is 0 Å². The van der Waals surface area contributed by atoms with Gasteiger partial charge in [-0.2, -0.15) is 0 Å². The number of aliphatic hydroxyl groups is 1. The van der Waals surface area contributed by atoms with Crippen molar-refractivity contribution < 1.29 is 14.3 Å². The zero-order valence-corrected chi connectivity index (χ0v) is 14.3. The van der Waals surface area contributed by atoms with Crippen LogP contribution in [-0.2, 0) is 11.2 Å². The maximum absolute atomic E-state index is 13.0. The van der Waals surface area contributed by atoms with Gasteiger partial charge in [0.15, 0.2) is 0 Å². The molecule has 0 saturated carbocycles. The van der Waals surface area contributed by atoms with E-state index in [-0.39, 0.29) is 24.4 Å². The summed E-state index contributed by atoms with van der Waals surface area (Å²) in [5.74, 6) is -0.0778. The number of nitrogens with zero attached hydrogens (tertiary/aromatic N) is 1. The SMILES string of the molecule is O=C(CCCc1ccc(-c2ccc(F)cc2)cc1)N1CCC[C@H]1CO. The summed E-state index contributed by atoms with van der Waals surface area (Å²) in [5.41, 5.74) is 3.24. The summed E-state index contributed by atoms with van der Waals surface area (Å²) in [6, 6.07) is 14.7. The standard InChI is InChI=1S/C21H24FNO2/c22-19-12-10-18(11-13-19)17-8-6-16(7-9-17)3-1-5-21(25)23-14-2-4-20(23)15-24/h6-13,20,24H,1-5,14-15H2/t20-/m0/s1. The highest BCUT2D eigenvalue weighted by molar-refractivity contribution is 5.76. The van der Waals surface area contributed by atoms with Gasteiger partial charge in [-0.25, -0.2) is 4.39 Å². The fraction of sp³-hybridized carbons (Fsp3) is 0.381. The normalized spacial score (nSPS) is 17.0. The minimum absolute atomic E-state index is 0.0162. The number of carbonyl (C=O) groups excluding carboxylic acids is 1. The minimum atomic E-state index is -0.230. The maximum atomic E-state index is 13.0. The van der Waals surface area contributed by atoms with Crippen LogP contribution in [-0.4, -0.2) is 35.1 Å². The number of aryl methyl sites for hydroxylation is 1. The molecule has 1 saturated heterocycles. The van der Waals surface area contributed by atoms with Crippen LogP contribution >= 0.6 is 0 Å². The first-order chi connectivity index (χ1) is 12.2. The molecule has 132 valence electrons. The van der Waals surface area contributed by atoms with E-state index in [0.29, 0.717) is 6.42 Å². The summed E-state index contributed by atoms with van der Waals surface area (Å²) < 4.78 is 13.0. The van der Waals surface area contributed by atoms with Gasteiger partial charge in [0.05, 0.1) is 12.6 Å². The van der Waals surface area contributed by atoms with E-state index in [4.69, 9.17) is 0 Å². The second-order valence-corrected chi connectivity index (χ2v) is 6.62. The Hall–Kier alpha value is -2.20. The molecule has 2 aromatic carbocycles. The van der Waals surface area contributed by atoms with Gasteiger partial charge in [-0.05, 0) is 54.5 Å². The van der Waals surface area contributed by atoms with Crippen molar-refractivity contribution in [3.05, 3.63) is 59.9 Å².